The average Bonchev–Trinajstić information content (AvgIpc) is 2.60. The van der Waals surface area contributed by atoms with Crippen molar-refractivity contribution in [2.45, 2.75) is 38.3 Å². The third-order valence-corrected chi connectivity index (χ3v) is 5.94. The molecule has 4 aliphatic rings. The number of carbonyl (C=O) groups excluding carboxylic acids is 1. The van der Waals surface area contributed by atoms with Gasteiger partial charge in [-0.3, -0.25) is 9.59 Å². The number of carbonyl (C=O) groups is 2. The Morgan fingerprint density at radius 1 is 1.28 bits per heavy atom. The summed E-state index contributed by atoms with van der Waals surface area (Å²) in [7, 11) is 0. The third-order valence-electron chi connectivity index (χ3n) is 5.94. The summed E-state index contributed by atoms with van der Waals surface area (Å²) in [6.45, 7) is 3.91. The molecule has 2 saturated heterocycles. The van der Waals surface area contributed by atoms with E-state index in [2.05, 4.69) is 28.0 Å². The van der Waals surface area contributed by atoms with Gasteiger partial charge in [0.2, 0.25) is 0 Å². The number of carboxylic acid groups (broad SMARTS) is 1. The maximum absolute atomic E-state index is 12.7. The first-order valence-electron chi connectivity index (χ1n) is 9.06. The zero-order valence-corrected chi connectivity index (χ0v) is 14.4. The molecule has 2 N–H and O–H groups in total. The maximum Gasteiger partial charge on any atom is 0.315 e. The second-order valence-corrected chi connectivity index (χ2v) is 7.44. The van der Waals surface area contributed by atoms with Crippen molar-refractivity contribution < 1.29 is 19.8 Å². The van der Waals surface area contributed by atoms with Crippen molar-refractivity contribution in [3.8, 4) is 0 Å². The zero-order chi connectivity index (χ0) is 17.7. The fourth-order valence-electron chi connectivity index (χ4n) is 4.51. The molecule has 25 heavy (non-hydrogen) atoms. The van der Waals surface area contributed by atoms with Gasteiger partial charge in [-0.2, -0.15) is 0 Å². The molecule has 0 radical (unpaired) electrons. The Morgan fingerprint density at radius 2 is 2.00 bits per heavy atom. The number of piperidine rings is 2. The van der Waals surface area contributed by atoms with Gasteiger partial charge >= 0.3 is 5.97 Å². The average molecular weight is 344 g/mol. The highest BCUT2D eigenvalue weighted by Gasteiger charge is 2.46. The van der Waals surface area contributed by atoms with Crippen LogP contribution in [0.25, 0.3) is 0 Å². The largest absolute Gasteiger partial charge is 0.481 e. The molecular formula is C19H24N2O4. The Balaban J connectivity index is 1.70. The van der Waals surface area contributed by atoms with E-state index in [9.17, 15) is 19.8 Å². The molecule has 3 aliphatic heterocycles. The highest BCUT2D eigenvalue weighted by atomic mass is 16.4. The number of allylic oxidation sites excluding steroid dienone is 3. The van der Waals surface area contributed by atoms with Crippen LogP contribution in [-0.2, 0) is 9.59 Å². The molecule has 0 amide bonds. The fourth-order valence-corrected chi connectivity index (χ4v) is 4.51. The molecule has 0 aromatic rings. The van der Waals surface area contributed by atoms with Gasteiger partial charge in [0, 0.05) is 42.6 Å². The lowest BCUT2D eigenvalue weighted by Gasteiger charge is -2.47. The number of rotatable bonds is 2. The minimum Gasteiger partial charge on any atom is -0.481 e. The van der Waals surface area contributed by atoms with Gasteiger partial charge in [-0.1, -0.05) is 18.2 Å². The number of aliphatic hydroxyl groups excluding tert-OH is 1. The smallest absolute Gasteiger partial charge is 0.315 e. The van der Waals surface area contributed by atoms with Crippen molar-refractivity contribution in [1.82, 2.24) is 9.80 Å². The number of Topliss-reactive ketones (excluding diaryl/α,β-unsaturated/α-hetero) is 1. The van der Waals surface area contributed by atoms with E-state index in [1.165, 1.54) is 0 Å². The van der Waals surface area contributed by atoms with Gasteiger partial charge in [-0.25, -0.2) is 0 Å². The molecule has 3 unspecified atom stereocenters. The molecule has 3 heterocycles. The first kappa shape index (κ1) is 16.4. The summed E-state index contributed by atoms with van der Waals surface area (Å²) in [6.07, 6.45) is 8.11. The number of aliphatic carboxylic acids is 1. The lowest BCUT2D eigenvalue weighted by molar-refractivity contribution is -0.150. The van der Waals surface area contributed by atoms with Crippen LogP contribution in [0.1, 0.15) is 26.2 Å². The van der Waals surface area contributed by atoms with Gasteiger partial charge in [0.1, 0.15) is 5.92 Å². The van der Waals surface area contributed by atoms with E-state index in [-0.39, 0.29) is 30.4 Å². The first-order valence-corrected chi connectivity index (χ1v) is 9.06. The highest BCUT2D eigenvalue weighted by Crippen LogP contribution is 2.43. The Hall–Kier alpha value is -2.08. The van der Waals surface area contributed by atoms with Crippen LogP contribution in [0.2, 0.25) is 0 Å². The Bertz CT molecular complexity index is 700. The van der Waals surface area contributed by atoms with Crippen LogP contribution in [0.15, 0.2) is 35.2 Å². The van der Waals surface area contributed by atoms with E-state index in [0.29, 0.717) is 6.42 Å². The third kappa shape index (κ3) is 2.59. The monoisotopic (exact) mass is 344 g/mol. The van der Waals surface area contributed by atoms with Gasteiger partial charge in [0.05, 0.1) is 12.0 Å². The van der Waals surface area contributed by atoms with Gasteiger partial charge in [-0.15, -0.1) is 0 Å². The number of aliphatic hydroxyl groups is 1. The molecule has 0 saturated carbocycles. The van der Waals surface area contributed by atoms with Crippen LogP contribution in [0.4, 0.5) is 0 Å². The maximum atomic E-state index is 12.7. The number of likely N-dealkylation sites (tertiary alicyclic amines) is 1. The first-order chi connectivity index (χ1) is 12.0. The number of nitrogens with zero attached hydrogens (tertiary/aromatic N) is 2. The molecule has 0 aromatic carbocycles. The van der Waals surface area contributed by atoms with Gasteiger partial charge in [-0.05, 0) is 26.2 Å². The molecule has 6 nitrogen and oxygen atoms in total. The Labute approximate surface area is 147 Å². The van der Waals surface area contributed by atoms with E-state index in [4.69, 9.17) is 0 Å². The van der Waals surface area contributed by atoms with E-state index < -0.39 is 11.9 Å². The zero-order valence-electron chi connectivity index (χ0n) is 14.4. The van der Waals surface area contributed by atoms with Crippen molar-refractivity contribution in [3.05, 3.63) is 35.2 Å². The predicted octanol–water partition coefficient (Wildman–Crippen LogP) is 1.14. The Morgan fingerprint density at radius 3 is 2.68 bits per heavy atom. The molecule has 6 heteroatoms. The summed E-state index contributed by atoms with van der Waals surface area (Å²) < 4.78 is 0. The normalized spacial score (nSPS) is 32.6. The van der Waals surface area contributed by atoms with E-state index in [1.807, 2.05) is 6.92 Å². The van der Waals surface area contributed by atoms with Crippen LogP contribution in [0.3, 0.4) is 0 Å². The van der Waals surface area contributed by atoms with Gasteiger partial charge in [0.25, 0.3) is 0 Å². The predicted molar refractivity (Wildman–Crippen MR) is 91.5 cm³/mol. The van der Waals surface area contributed by atoms with Crippen LogP contribution < -0.4 is 0 Å². The fraction of sp³-hybridized carbons (Fsp3) is 0.579. The minimum absolute atomic E-state index is 0.0960. The van der Waals surface area contributed by atoms with Crippen LogP contribution >= 0.6 is 0 Å². The van der Waals surface area contributed by atoms with Gasteiger partial charge < -0.3 is 20.0 Å². The lowest BCUT2D eigenvalue weighted by Crippen LogP contribution is -2.53. The molecule has 0 spiro atoms. The molecule has 1 aliphatic carbocycles. The number of hydrogen-bond acceptors (Lipinski definition) is 5. The summed E-state index contributed by atoms with van der Waals surface area (Å²) in [5.74, 6) is -2.48. The Kier molecular flexibility index (Phi) is 3.95. The van der Waals surface area contributed by atoms with Crippen molar-refractivity contribution >= 4 is 11.8 Å². The molecule has 134 valence electrons. The number of carboxylic acids is 1. The van der Waals surface area contributed by atoms with Crippen LogP contribution in [-0.4, -0.2) is 63.5 Å². The minimum atomic E-state index is -1.02. The molecule has 2 fully saturated rings. The number of ketones is 1. The molecule has 3 atom stereocenters. The van der Waals surface area contributed by atoms with E-state index >= 15 is 0 Å². The summed E-state index contributed by atoms with van der Waals surface area (Å²) >= 11 is 0. The summed E-state index contributed by atoms with van der Waals surface area (Å²) in [4.78, 5) is 28.6. The molecule has 0 bridgehead atoms. The van der Waals surface area contributed by atoms with Crippen LogP contribution in [0, 0.1) is 11.8 Å². The van der Waals surface area contributed by atoms with Crippen molar-refractivity contribution in [2.24, 2.45) is 11.8 Å². The molecule has 4 rings (SSSR count). The topological polar surface area (TPSA) is 81.1 Å². The van der Waals surface area contributed by atoms with Crippen molar-refractivity contribution in [3.63, 3.8) is 0 Å². The molecular weight excluding hydrogens is 320 g/mol. The standard InChI is InChI=1S/C19H24N2O4/c1-11-2-3-13-16(20-8-6-12(22)7-9-20)5-4-14-17(13)21(11)10-15(18(14)23)19(24)25/h2-3,5,11-12,14-15,22H,4,6-10H2,1H3,(H,24,25). The quantitative estimate of drug-likeness (QED) is 0.732. The SMILES string of the molecule is CC1C=CC2=C3C(CC=C2N2CCC(O)CC2)C(=O)C(C(=O)O)CN31. The van der Waals surface area contributed by atoms with E-state index in [1.54, 1.807) is 0 Å². The lowest BCUT2D eigenvalue weighted by atomic mass is 9.75. The van der Waals surface area contributed by atoms with E-state index in [0.717, 1.165) is 42.9 Å². The highest BCUT2D eigenvalue weighted by molar-refractivity contribution is 6.02. The second kappa shape index (κ2) is 6.02. The van der Waals surface area contributed by atoms with Crippen molar-refractivity contribution in [2.75, 3.05) is 19.6 Å². The molecule has 0 aromatic heterocycles. The van der Waals surface area contributed by atoms with Crippen molar-refractivity contribution in [1.29, 1.82) is 0 Å². The summed E-state index contributed by atoms with van der Waals surface area (Å²) in [5.41, 5.74) is 3.19. The van der Waals surface area contributed by atoms with Gasteiger partial charge in [0.15, 0.2) is 5.78 Å². The second-order valence-electron chi connectivity index (χ2n) is 7.44. The van der Waals surface area contributed by atoms with Crippen LogP contribution in [0.5, 0.6) is 0 Å². The number of hydrogen-bond donors (Lipinski definition) is 2. The summed E-state index contributed by atoms with van der Waals surface area (Å²) in [5, 5.41) is 19.2. The summed E-state index contributed by atoms with van der Waals surface area (Å²) in [6, 6.07) is 0.0960.